The molecule has 10 heteroatoms. The lowest BCUT2D eigenvalue weighted by atomic mass is 9.88. The molecule has 3 N–H and O–H groups in total. The van der Waals surface area contributed by atoms with E-state index in [1.807, 2.05) is 11.5 Å². The van der Waals surface area contributed by atoms with E-state index in [1.165, 1.54) is 17.5 Å². The number of benzene rings is 1. The molecule has 4 aromatic rings. The molecule has 0 saturated carbocycles. The largest absolute Gasteiger partial charge is 0.388 e. The fourth-order valence-electron chi connectivity index (χ4n) is 4.67. The molecule has 1 saturated heterocycles. The Morgan fingerprint density at radius 2 is 1.97 bits per heavy atom. The normalized spacial score (nSPS) is 21.2. The molecule has 0 aliphatic carbocycles. The summed E-state index contributed by atoms with van der Waals surface area (Å²) in [6, 6.07) is 3.73. The fourth-order valence-corrected chi connectivity index (χ4v) is 4.67. The van der Waals surface area contributed by atoms with Crippen molar-refractivity contribution >= 4 is 33.9 Å². The van der Waals surface area contributed by atoms with Gasteiger partial charge in [0, 0.05) is 13.1 Å². The van der Waals surface area contributed by atoms with Crippen LogP contribution in [-0.2, 0) is 11.3 Å². The van der Waals surface area contributed by atoms with Crippen LogP contribution in [-0.4, -0.2) is 63.7 Å². The van der Waals surface area contributed by atoms with Gasteiger partial charge in [-0.25, -0.2) is 19.9 Å². The Morgan fingerprint density at radius 1 is 1.21 bits per heavy atom. The summed E-state index contributed by atoms with van der Waals surface area (Å²) < 4.78 is 3.77. The lowest BCUT2D eigenvalue weighted by Gasteiger charge is -2.43. The van der Waals surface area contributed by atoms with E-state index in [9.17, 15) is 9.90 Å². The van der Waals surface area contributed by atoms with Crippen LogP contribution in [0.25, 0.3) is 22.2 Å². The minimum absolute atomic E-state index is 0.0188. The molecule has 1 aliphatic rings. The number of rotatable bonds is 3. The topological polar surface area (TPSA) is 128 Å². The highest BCUT2D eigenvalue weighted by molar-refractivity contribution is 5.83. The van der Waals surface area contributed by atoms with Gasteiger partial charge in [0.2, 0.25) is 5.91 Å². The number of piperidine rings is 1. The van der Waals surface area contributed by atoms with E-state index in [0.717, 1.165) is 16.9 Å². The number of amides is 1. The van der Waals surface area contributed by atoms with Gasteiger partial charge in [-0.1, -0.05) is 0 Å². The number of aliphatic hydroxyl groups is 1. The minimum Gasteiger partial charge on any atom is -0.388 e. The Bertz CT molecular complexity index is 1390. The lowest BCUT2D eigenvalue weighted by molar-refractivity contribution is -0.138. The van der Waals surface area contributed by atoms with Crippen LogP contribution in [0.4, 0.5) is 5.82 Å². The molecular formula is C23H28N8O2. The highest BCUT2D eigenvalue weighted by Gasteiger charge is 2.41. The molecule has 10 nitrogen and oxygen atoms in total. The molecule has 4 heterocycles. The van der Waals surface area contributed by atoms with Crippen LogP contribution in [0.15, 0.2) is 24.8 Å². The maximum absolute atomic E-state index is 13.4. The van der Waals surface area contributed by atoms with Gasteiger partial charge < -0.3 is 24.9 Å². The number of hydrogen-bond donors (Lipinski definition) is 2. The van der Waals surface area contributed by atoms with Gasteiger partial charge in [0.25, 0.3) is 0 Å². The Hall–Kier alpha value is -3.53. The van der Waals surface area contributed by atoms with Crippen molar-refractivity contribution in [3.8, 4) is 0 Å². The molecule has 5 rings (SSSR count). The van der Waals surface area contributed by atoms with Gasteiger partial charge in [-0.05, 0) is 57.4 Å². The number of anilines is 1. The molecule has 33 heavy (non-hydrogen) atoms. The quantitative estimate of drug-likeness (QED) is 0.490. The number of likely N-dealkylation sites (tertiary alicyclic amines) is 1. The van der Waals surface area contributed by atoms with E-state index in [-0.39, 0.29) is 18.3 Å². The maximum Gasteiger partial charge on any atom is 0.242 e. The summed E-state index contributed by atoms with van der Waals surface area (Å²) in [6.07, 6.45) is 3.43. The van der Waals surface area contributed by atoms with Crippen molar-refractivity contribution in [2.75, 3.05) is 18.8 Å². The first-order valence-corrected chi connectivity index (χ1v) is 11.0. The first-order valence-electron chi connectivity index (χ1n) is 11.0. The van der Waals surface area contributed by atoms with Crippen molar-refractivity contribution in [3.63, 3.8) is 0 Å². The number of carbonyl (C=O) groups excluding carboxylic acids is 1. The number of fused-ring (bicyclic) bond motifs is 2. The first-order chi connectivity index (χ1) is 15.7. The predicted octanol–water partition coefficient (Wildman–Crippen LogP) is 1.91. The summed E-state index contributed by atoms with van der Waals surface area (Å²) in [4.78, 5) is 32.5. The Balaban J connectivity index is 1.44. The second-order valence-electron chi connectivity index (χ2n) is 9.22. The molecule has 2 atom stereocenters. The van der Waals surface area contributed by atoms with E-state index >= 15 is 0 Å². The Morgan fingerprint density at radius 3 is 2.76 bits per heavy atom. The van der Waals surface area contributed by atoms with Gasteiger partial charge in [-0.3, -0.25) is 4.79 Å². The van der Waals surface area contributed by atoms with E-state index in [2.05, 4.69) is 45.9 Å². The van der Waals surface area contributed by atoms with E-state index in [0.29, 0.717) is 30.7 Å². The average molecular weight is 449 g/mol. The van der Waals surface area contributed by atoms with Crippen LogP contribution >= 0.6 is 0 Å². The molecule has 1 aromatic carbocycles. The van der Waals surface area contributed by atoms with E-state index in [1.54, 1.807) is 22.7 Å². The Labute approximate surface area is 191 Å². The number of hydrogen-bond acceptors (Lipinski definition) is 7. The number of nitrogens with two attached hydrogens (primary N) is 1. The summed E-state index contributed by atoms with van der Waals surface area (Å²) >= 11 is 0. The molecule has 1 fully saturated rings. The molecule has 1 aliphatic heterocycles. The van der Waals surface area contributed by atoms with Crippen LogP contribution in [0.2, 0.25) is 0 Å². The molecular weight excluding hydrogens is 420 g/mol. The summed E-state index contributed by atoms with van der Waals surface area (Å²) in [5, 5.41) is 11.2. The van der Waals surface area contributed by atoms with Gasteiger partial charge in [0.1, 0.15) is 24.2 Å². The number of aromatic nitrogens is 6. The molecule has 0 bridgehead atoms. The fraction of sp³-hybridized carbons (Fsp3) is 0.435. The Kier molecular flexibility index (Phi) is 4.86. The monoisotopic (exact) mass is 448 g/mol. The number of nitrogen functional groups attached to an aromatic ring is 1. The number of imidazole rings is 2. The third kappa shape index (κ3) is 3.50. The second-order valence-corrected chi connectivity index (χ2v) is 9.22. The van der Waals surface area contributed by atoms with Gasteiger partial charge in [-0.15, -0.1) is 0 Å². The molecule has 3 aromatic heterocycles. The van der Waals surface area contributed by atoms with Crippen molar-refractivity contribution in [1.29, 1.82) is 0 Å². The van der Waals surface area contributed by atoms with Gasteiger partial charge >= 0.3 is 0 Å². The van der Waals surface area contributed by atoms with Crippen molar-refractivity contribution in [1.82, 2.24) is 34.0 Å². The highest BCUT2D eigenvalue weighted by atomic mass is 16.3. The molecule has 1 amide bonds. The minimum atomic E-state index is -1.03. The third-order valence-electron chi connectivity index (χ3n) is 6.92. The molecule has 0 spiro atoms. The summed E-state index contributed by atoms with van der Waals surface area (Å²) in [7, 11) is 0. The van der Waals surface area contributed by atoms with Crippen LogP contribution < -0.4 is 5.73 Å². The van der Waals surface area contributed by atoms with Crippen molar-refractivity contribution in [3.05, 3.63) is 41.7 Å². The average Bonchev–Trinajstić information content (AvgIpc) is 3.31. The van der Waals surface area contributed by atoms with Crippen molar-refractivity contribution < 1.29 is 9.90 Å². The van der Waals surface area contributed by atoms with E-state index in [4.69, 9.17) is 5.73 Å². The van der Waals surface area contributed by atoms with E-state index < -0.39 is 11.6 Å². The van der Waals surface area contributed by atoms with Gasteiger partial charge in [0.05, 0.1) is 29.0 Å². The maximum atomic E-state index is 13.4. The third-order valence-corrected chi connectivity index (χ3v) is 6.92. The number of aryl methyl sites for hydroxylation is 3. The first kappa shape index (κ1) is 21.3. The lowest BCUT2D eigenvalue weighted by Crippen LogP contribution is -2.53. The summed E-state index contributed by atoms with van der Waals surface area (Å²) in [6.45, 7) is 8.83. The van der Waals surface area contributed by atoms with Crippen molar-refractivity contribution in [2.45, 2.75) is 52.3 Å². The molecule has 0 radical (unpaired) electrons. The zero-order valence-electron chi connectivity index (χ0n) is 19.3. The SMILES string of the molecule is Cc1cc2nc(C)n(CC(=O)N3CC[C@@](C)(O)[C@H](n4cnc5c(N)ncnc54)C3)c2cc1C. The predicted molar refractivity (Wildman–Crippen MR) is 125 cm³/mol. The molecule has 0 unspecified atom stereocenters. The highest BCUT2D eigenvalue weighted by Crippen LogP contribution is 2.34. The standard InChI is InChI=1S/C23H28N8O2/c1-13-7-16-17(8-14(13)2)30(15(3)28-16)10-19(32)29-6-5-23(4,33)18(9-29)31-12-27-20-21(24)25-11-26-22(20)31/h7-8,11-12,18,33H,5-6,9-10H2,1-4H3,(H2,24,25,26)/t18-,23-/m1/s1. The second kappa shape index (κ2) is 7.51. The van der Waals surface area contributed by atoms with Crippen LogP contribution in [0, 0.1) is 20.8 Å². The van der Waals surface area contributed by atoms with Crippen LogP contribution in [0.5, 0.6) is 0 Å². The smallest absolute Gasteiger partial charge is 0.242 e. The molecule has 172 valence electrons. The van der Waals surface area contributed by atoms with Crippen LogP contribution in [0.1, 0.15) is 36.3 Å². The van der Waals surface area contributed by atoms with Crippen molar-refractivity contribution in [2.24, 2.45) is 0 Å². The van der Waals surface area contributed by atoms with Gasteiger partial charge in [0.15, 0.2) is 11.5 Å². The number of nitrogens with zero attached hydrogens (tertiary/aromatic N) is 7. The summed E-state index contributed by atoms with van der Waals surface area (Å²) in [5.41, 5.74) is 10.1. The van der Waals surface area contributed by atoms with Crippen LogP contribution in [0.3, 0.4) is 0 Å². The van der Waals surface area contributed by atoms with Gasteiger partial charge in [-0.2, -0.15) is 0 Å². The zero-order valence-corrected chi connectivity index (χ0v) is 19.3. The zero-order chi connectivity index (χ0) is 23.5. The summed E-state index contributed by atoms with van der Waals surface area (Å²) in [5.74, 6) is 1.07. The number of carbonyl (C=O) groups is 1.